The second-order valence-corrected chi connectivity index (χ2v) is 6.33. The molecule has 4 rings (SSSR count). The summed E-state index contributed by atoms with van der Waals surface area (Å²) < 4.78 is 17.4. The first-order chi connectivity index (χ1) is 11.2. The van der Waals surface area contributed by atoms with Crippen molar-refractivity contribution in [1.29, 1.82) is 0 Å². The van der Waals surface area contributed by atoms with E-state index in [4.69, 9.17) is 14.2 Å². The molecule has 1 aromatic carbocycles. The van der Waals surface area contributed by atoms with E-state index in [1.54, 1.807) is 0 Å². The van der Waals surface area contributed by atoms with Gasteiger partial charge in [-0.15, -0.1) is 0 Å². The maximum Gasteiger partial charge on any atom is 0.302 e. The smallest absolute Gasteiger partial charge is 0.302 e. The van der Waals surface area contributed by atoms with Crippen molar-refractivity contribution in [3.8, 4) is 0 Å². The molecule has 0 amide bonds. The quantitative estimate of drug-likeness (QED) is 0.629. The van der Waals surface area contributed by atoms with E-state index in [2.05, 4.69) is 23.1 Å². The van der Waals surface area contributed by atoms with Crippen LogP contribution >= 0.6 is 0 Å². The van der Waals surface area contributed by atoms with Gasteiger partial charge in [0.2, 0.25) is 5.79 Å². The number of benzene rings is 1. The zero-order valence-electron chi connectivity index (χ0n) is 13.2. The highest BCUT2D eigenvalue weighted by molar-refractivity contribution is 5.66. The summed E-state index contributed by atoms with van der Waals surface area (Å²) in [6.45, 7) is 3.45. The lowest BCUT2D eigenvalue weighted by Crippen LogP contribution is -2.53. The third-order valence-electron chi connectivity index (χ3n) is 4.87. The number of carbonyl (C=O) groups excluding carboxylic acids is 1. The lowest BCUT2D eigenvalue weighted by atomic mass is 10.0. The number of nitrogens with zero attached hydrogens (tertiary/aromatic N) is 1. The molecule has 23 heavy (non-hydrogen) atoms. The molecule has 1 spiro atoms. The molecule has 3 atom stereocenters. The highest BCUT2D eigenvalue weighted by Crippen LogP contribution is 2.43. The van der Waals surface area contributed by atoms with Crippen molar-refractivity contribution in [2.75, 3.05) is 13.2 Å². The average Bonchev–Trinajstić information content (AvgIpc) is 3.08. The third-order valence-corrected chi connectivity index (χ3v) is 4.87. The molecule has 2 saturated heterocycles. The van der Waals surface area contributed by atoms with E-state index in [1.807, 2.05) is 24.3 Å². The molecule has 2 fully saturated rings. The number of rotatable bonds is 3. The van der Waals surface area contributed by atoms with Crippen LogP contribution in [0.3, 0.4) is 0 Å². The molecular formula is C18H21NO4. The van der Waals surface area contributed by atoms with E-state index in [9.17, 15) is 4.79 Å². The van der Waals surface area contributed by atoms with Crippen LogP contribution in [0.1, 0.15) is 18.9 Å². The number of fused-ring (bicyclic) bond motifs is 3. The van der Waals surface area contributed by atoms with Gasteiger partial charge in [0.15, 0.2) is 0 Å². The summed E-state index contributed by atoms with van der Waals surface area (Å²) in [4.78, 5) is 13.8. The minimum Gasteiger partial charge on any atom is -0.460 e. The molecule has 0 N–H and O–H groups in total. The molecule has 5 heteroatoms. The Morgan fingerprint density at radius 3 is 2.74 bits per heavy atom. The normalized spacial score (nSPS) is 31.6. The Labute approximate surface area is 135 Å². The fourth-order valence-electron chi connectivity index (χ4n) is 3.96. The van der Waals surface area contributed by atoms with Crippen LogP contribution in [0.25, 0.3) is 0 Å². The molecule has 3 heterocycles. The molecule has 1 aromatic rings. The van der Waals surface area contributed by atoms with Crippen LogP contribution in [0, 0.1) is 0 Å². The van der Waals surface area contributed by atoms with Gasteiger partial charge in [0.05, 0.1) is 25.3 Å². The fraction of sp³-hybridized carbons (Fsp3) is 0.500. The monoisotopic (exact) mass is 315 g/mol. The van der Waals surface area contributed by atoms with E-state index < -0.39 is 5.79 Å². The van der Waals surface area contributed by atoms with E-state index in [1.165, 1.54) is 12.5 Å². The van der Waals surface area contributed by atoms with Crippen molar-refractivity contribution in [2.24, 2.45) is 0 Å². The van der Waals surface area contributed by atoms with Gasteiger partial charge in [0.25, 0.3) is 0 Å². The first kappa shape index (κ1) is 14.9. The maximum atomic E-state index is 11.4. The first-order valence-corrected chi connectivity index (χ1v) is 8.12. The van der Waals surface area contributed by atoms with Gasteiger partial charge >= 0.3 is 5.97 Å². The van der Waals surface area contributed by atoms with Crippen LogP contribution in [0.2, 0.25) is 0 Å². The van der Waals surface area contributed by atoms with Gasteiger partial charge in [0.1, 0.15) is 6.10 Å². The summed E-state index contributed by atoms with van der Waals surface area (Å²) in [5.41, 5.74) is 1.23. The van der Waals surface area contributed by atoms with Crippen molar-refractivity contribution in [3.05, 3.63) is 48.0 Å². The molecule has 3 aliphatic rings. The van der Waals surface area contributed by atoms with Crippen molar-refractivity contribution in [1.82, 2.24) is 4.90 Å². The van der Waals surface area contributed by atoms with Crippen LogP contribution in [0.5, 0.6) is 0 Å². The van der Waals surface area contributed by atoms with Crippen LogP contribution in [-0.4, -0.2) is 48.1 Å². The molecule has 0 radical (unpaired) electrons. The summed E-state index contributed by atoms with van der Waals surface area (Å²) >= 11 is 0. The molecule has 3 aliphatic heterocycles. The number of hydrogen-bond acceptors (Lipinski definition) is 5. The lowest BCUT2D eigenvalue weighted by Gasteiger charge is -2.41. The topological polar surface area (TPSA) is 48.0 Å². The molecular weight excluding hydrogens is 294 g/mol. The molecule has 122 valence electrons. The van der Waals surface area contributed by atoms with Gasteiger partial charge in [-0.25, -0.2) is 0 Å². The van der Waals surface area contributed by atoms with E-state index >= 15 is 0 Å². The van der Waals surface area contributed by atoms with Gasteiger partial charge in [-0.3, -0.25) is 9.69 Å². The Kier molecular flexibility index (Phi) is 3.71. The summed E-state index contributed by atoms with van der Waals surface area (Å²) in [7, 11) is 0. The zero-order valence-corrected chi connectivity index (χ0v) is 13.2. The molecule has 2 bridgehead atoms. The van der Waals surface area contributed by atoms with Crippen LogP contribution in [0.15, 0.2) is 42.5 Å². The number of esters is 1. The van der Waals surface area contributed by atoms with E-state index in [-0.39, 0.29) is 24.2 Å². The predicted molar refractivity (Wildman–Crippen MR) is 83.5 cm³/mol. The summed E-state index contributed by atoms with van der Waals surface area (Å²) in [5, 5.41) is 0. The molecule has 0 unspecified atom stereocenters. The minimum absolute atomic E-state index is 0.0598. The molecule has 5 nitrogen and oxygen atoms in total. The second-order valence-electron chi connectivity index (χ2n) is 6.33. The summed E-state index contributed by atoms with van der Waals surface area (Å²) in [6.07, 6.45) is 4.67. The Balaban J connectivity index is 1.63. The Bertz CT molecular complexity index is 609. The summed E-state index contributed by atoms with van der Waals surface area (Å²) in [5.74, 6) is -0.932. The minimum atomic E-state index is -0.694. The second kappa shape index (κ2) is 5.74. The maximum absolute atomic E-state index is 11.4. The molecule has 0 aromatic heterocycles. The third kappa shape index (κ3) is 2.59. The van der Waals surface area contributed by atoms with Gasteiger partial charge in [-0.1, -0.05) is 36.4 Å². The van der Waals surface area contributed by atoms with Crippen LogP contribution in [-0.2, 0) is 25.5 Å². The van der Waals surface area contributed by atoms with Gasteiger partial charge in [0, 0.05) is 19.9 Å². The van der Waals surface area contributed by atoms with Crippen LogP contribution in [0.4, 0.5) is 0 Å². The van der Waals surface area contributed by atoms with E-state index in [0.717, 1.165) is 13.0 Å². The molecule has 0 saturated carbocycles. The van der Waals surface area contributed by atoms with E-state index in [0.29, 0.717) is 13.2 Å². The highest BCUT2D eigenvalue weighted by atomic mass is 16.7. The predicted octanol–water partition coefficient (Wildman–Crippen LogP) is 1.87. The van der Waals surface area contributed by atoms with Crippen molar-refractivity contribution in [2.45, 2.75) is 43.9 Å². The van der Waals surface area contributed by atoms with Crippen LogP contribution < -0.4 is 0 Å². The lowest BCUT2D eigenvalue weighted by molar-refractivity contribution is -0.167. The van der Waals surface area contributed by atoms with Crippen molar-refractivity contribution in [3.63, 3.8) is 0 Å². The number of hydrogen-bond donors (Lipinski definition) is 0. The van der Waals surface area contributed by atoms with Crippen molar-refractivity contribution >= 4 is 5.97 Å². The number of carbonyl (C=O) groups is 1. The standard InChI is InChI=1S/C18H21NO4/c1-13(20)23-16-11-17-18(21-9-10-22-18)8-7-15(16)19(17)12-14-5-3-2-4-6-14/h2-8,15-17H,9-12H2,1H3/t15-,16-,17-/m1/s1. The first-order valence-electron chi connectivity index (χ1n) is 8.12. The Morgan fingerprint density at radius 1 is 1.30 bits per heavy atom. The highest BCUT2D eigenvalue weighted by Gasteiger charge is 2.56. The van der Waals surface area contributed by atoms with Gasteiger partial charge in [-0.2, -0.15) is 0 Å². The largest absolute Gasteiger partial charge is 0.460 e. The number of ether oxygens (including phenoxy) is 3. The van der Waals surface area contributed by atoms with Gasteiger partial charge < -0.3 is 14.2 Å². The Hall–Kier alpha value is -1.69. The van der Waals surface area contributed by atoms with Gasteiger partial charge in [-0.05, 0) is 11.6 Å². The Morgan fingerprint density at radius 2 is 2.04 bits per heavy atom. The molecule has 0 aliphatic carbocycles. The SMILES string of the molecule is CC(=O)O[C@@H]1C[C@H]2N(Cc3ccccc3)[C@@H]1C=CC21OCCO1. The zero-order chi connectivity index (χ0) is 15.9. The fourth-order valence-corrected chi connectivity index (χ4v) is 3.96. The van der Waals surface area contributed by atoms with Crippen molar-refractivity contribution < 1.29 is 19.0 Å². The average molecular weight is 315 g/mol. The summed E-state index contributed by atoms with van der Waals surface area (Å²) in [6, 6.07) is 10.5.